The highest BCUT2D eigenvalue weighted by atomic mass is 32.1. The Morgan fingerprint density at radius 2 is 1.93 bits per heavy atom. The summed E-state index contributed by atoms with van der Waals surface area (Å²) in [4.78, 5) is 16.7. The number of hydrogen-bond donors (Lipinski definition) is 0. The maximum Gasteiger partial charge on any atom is 0.263 e. The Morgan fingerprint density at radius 3 is 2.79 bits per heavy atom. The number of halogens is 1. The van der Waals surface area contributed by atoms with Gasteiger partial charge in [-0.15, -0.1) is 21.5 Å². The lowest BCUT2D eigenvalue weighted by atomic mass is 9.97. The van der Waals surface area contributed by atoms with Gasteiger partial charge < -0.3 is 4.90 Å². The third-order valence-corrected chi connectivity index (χ3v) is 6.48. The summed E-state index contributed by atoms with van der Waals surface area (Å²) in [6, 6.07) is 16.0. The molecule has 0 radical (unpaired) electrons. The number of hydrogen-bond acceptors (Lipinski definition) is 4. The molecule has 1 unspecified atom stereocenters. The van der Waals surface area contributed by atoms with Gasteiger partial charge in [0.25, 0.3) is 5.91 Å². The van der Waals surface area contributed by atoms with Crippen LogP contribution in [0.1, 0.15) is 34.3 Å². The van der Waals surface area contributed by atoms with Crippen LogP contribution in [-0.4, -0.2) is 38.5 Å². The second kappa shape index (κ2) is 7.40. The molecule has 7 heteroatoms. The minimum atomic E-state index is -0.262. The van der Waals surface area contributed by atoms with Gasteiger partial charge in [0.05, 0.1) is 4.88 Å². The predicted octanol–water partition coefficient (Wildman–Crippen LogP) is 4.62. The molecule has 1 atom stereocenters. The van der Waals surface area contributed by atoms with Crippen molar-refractivity contribution in [2.24, 2.45) is 0 Å². The fourth-order valence-electron chi connectivity index (χ4n) is 3.89. The van der Waals surface area contributed by atoms with Gasteiger partial charge >= 0.3 is 0 Å². The quantitative estimate of drug-likeness (QED) is 0.499. The highest BCUT2D eigenvalue weighted by Crippen LogP contribution is 2.31. The highest BCUT2D eigenvalue weighted by Gasteiger charge is 2.29. The van der Waals surface area contributed by atoms with Crippen LogP contribution in [0.2, 0.25) is 0 Å². The fraction of sp³-hybridized carbons (Fsp3) is 0.227. The van der Waals surface area contributed by atoms with Crippen LogP contribution in [0.15, 0.2) is 60.8 Å². The topological polar surface area (TPSA) is 50.5 Å². The summed E-state index contributed by atoms with van der Waals surface area (Å²) in [5.41, 5.74) is 1.75. The molecular formula is C22H19FN4OS. The number of amides is 1. The van der Waals surface area contributed by atoms with Gasteiger partial charge in [-0.2, -0.15) is 0 Å². The molecule has 3 aromatic heterocycles. The average molecular weight is 406 g/mol. The molecule has 1 aliphatic heterocycles. The van der Waals surface area contributed by atoms with Crippen molar-refractivity contribution < 1.29 is 9.18 Å². The van der Waals surface area contributed by atoms with Crippen LogP contribution in [0.4, 0.5) is 4.39 Å². The smallest absolute Gasteiger partial charge is 0.263 e. The molecule has 5 rings (SSSR count). The highest BCUT2D eigenvalue weighted by molar-refractivity contribution is 7.17. The number of piperidine rings is 1. The summed E-state index contributed by atoms with van der Waals surface area (Å²) < 4.78 is 15.2. The van der Waals surface area contributed by atoms with Gasteiger partial charge in [0.1, 0.15) is 11.6 Å². The third kappa shape index (κ3) is 3.42. The van der Waals surface area contributed by atoms with E-state index in [-0.39, 0.29) is 17.6 Å². The number of rotatable bonds is 3. The van der Waals surface area contributed by atoms with Gasteiger partial charge in [-0.1, -0.05) is 18.2 Å². The molecule has 5 nitrogen and oxygen atoms in total. The molecule has 29 heavy (non-hydrogen) atoms. The zero-order valence-electron chi connectivity index (χ0n) is 15.7. The van der Waals surface area contributed by atoms with Crippen molar-refractivity contribution in [3.8, 4) is 10.4 Å². The Morgan fingerprint density at radius 1 is 1.07 bits per heavy atom. The van der Waals surface area contributed by atoms with Crippen LogP contribution >= 0.6 is 11.3 Å². The van der Waals surface area contributed by atoms with Crippen molar-refractivity contribution >= 4 is 22.9 Å². The van der Waals surface area contributed by atoms with Crippen LogP contribution in [0.5, 0.6) is 0 Å². The van der Waals surface area contributed by atoms with Gasteiger partial charge in [0, 0.05) is 30.1 Å². The van der Waals surface area contributed by atoms with Gasteiger partial charge in [0.2, 0.25) is 0 Å². The summed E-state index contributed by atoms with van der Waals surface area (Å²) in [7, 11) is 0. The summed E-state index contributed by atoms with van der Waals surface area (Å²) in [6.07, 6.45) is 3.90. The number of benzene rings is 1. The van der Waals surface area contributed by atoms with Crippen molar-refractivity contribution in [3.63, 3.8) is 0 Å². The number of thiophene rings is 1. The Bertz CT molecular complexity index is 1170. The van der Waals surface area contributed by atoms with Crippen molar-refractivity contribution in [1.29, 1.82) is 0 Å². The van der Waals surface area contributed by atoms with Gasteiger partial charge in [-0.05, 0) is 54.8 Å². The zero-order chi connectivity index (χ0) is 19.8. The first-order valence-corrected chi connectivity index (χ1v) is 10.5. The molecule has 146 valence electrons. The van der Waals surface area contributed by atoms with E-state index < -0.39 is 0 Å². The molecule has 4 aromatic rings. The predicted molar refractivity (Wildman–Crippen MR) is 111 cm³/mol. The van der Waals surface area contributed by atoms with Crippen LogP contribution in [-0.2, 0) is 0 Å². The zero-order valence-corrected chi connectivity index (χ0v) is 16.5. The molecule has 1 amide bonds. The van der Waals surface area contributed by atoms with E-state index in [4.69, 9.17) is 0 Å². The number of nitrogens with zero attached hydrogens (tertiary/aromatic N) is 4. The minimum Gasteiger partial charge on any atom is -0.337 e. The Hall–Kier alpha value is -3.06. The molecule has 1 aromatic carbocycles. The van der Waals surface area contributed by atoms with Crippen LogP contribution in [0.25, 0.3) is 16.1 Å². The van der Waals surface area contributed by atoms with Crippen LogP contribution in [0, 0.1) is 5.82 Å². The number of fused-ring (bicyclic) bond motifs is 1. The largest absolute Gasteiger partial charge is 0.337 e. The Kier molecular flexibility index (Phi) is 4.60. The van der Waals surface area contributed by atoms with Gasteiger partial charge in [-0.3, -0.25) is 9.20 Å². The number of likely N-dealkylation sites (tertiary alicyclic amines) is 1. The van der Waals surface area contributed by atoms with E-state index in [1.807, 2.05) is 45.8 Å². The number of carbonyl (C=O) groups is 1. The van der Waals surface area contributed by atoms with Crippen molar-refractivity contribution in [2.45, 2.75) is 18.8 Å². The van der Waals surface area contributed by atoms with Crippen molar-refractivity contribution in [1.82, 2.24) is 19.5 Å². The van der Waals surface area contributed by atoms with Gasteiger partial charge in [-0.25, -0.2) is 4.39 Å². The first kappa shape index (κ1) is 18.0. The fourth-order valence-corrected chi connectivity index (χ4v) is 4.87. The summed E-state index contributed by atoms with van der Waals surface area (Å²) in [5, 5.41) is 8.63. The molecule has 1 saturated heterocycles. The maximum absolute atomic E-state index is 13.2. The van der Waals surface area contributed by atoms with E-state index in [1.165, 1.54) is 23.5 Å². The van der Waals surface area contributed by atoms with Crippen molar-refractivity contribution in [2.75, 3.05) is 13.1 Å². The maximum atomic E-state index is 13.2. The molecule has 0 bridgehead atoms. The van der Waals surface area contributed by atoms with E-state index in [0.29, 0.717) is 11.4 Å². The molecule has 0 saturated carbocycles. The second-order valence-corrected chi connectivity index (χ2v) is 8.33. The van der Waals surface area contributed by atoms with E-state index in [1.54, 1.807) is 12.1 Å². The molecule has 0 aliphatic carbocycles. The van der Waals surface area contributed by atoms with Crippen LogP contribution < -0.4 is 0 Å². The molecule has 1 aliphatic rings. The van der Waals surface area contributed by atoms with Crippen molar-refractivity contribution in [3.05, 3.63) is 77.3 Å². The first-order valence-electron chi connectivity index (χ1n) is 9.64. The number of carbonyl (C=O) groups excluding carboxylic acids is 1. The van der Waals surface area contributed by atoms with Gasteiger partial charge in [0.15, 0.2) is 5.65 Å². The molecular weight excluding hydrogens is 387 g/mol. The molecule has 4 heterocycles. The molecule has 1 fully saturated rings. The third-order valence-electron chi connectivity index (χ3n) is 5.36. The van der Waals surface area contributed by atoms with E-state index in [2.05, 4.69) is 10.2 Å². The molecule has 0 N–H and O–H groups in total. The van der Waals surface area contributed by atoms with E-state index in [0.717, 1.165) is 41.3 Å². The lowest BCUT2D eigenvalue weighted by Crippen LogP contribution is -2.39. The monoisotopic (exact) mass is 406 g/mol. The summed E-state index contributed by atoms with van der Waals surface area (Å²) in [6.45, 7) is 1.38. The summed E-state index contributed by atoms with van der Waals surface area (Å²) >= 11 is 1.45. The lowest BCUT2D eigenvalue weighted by Gasteiger charge is -2.31. The van der Waals surface area contributed by atoms with Crippen LogP contribution in [0.3, 0.4) is 0 Å². The summed E-state index contributed by atoms with van der Waals surface area (Å²) in [5.74, 6) is 0.863. The SMILES string of the molecule is O=C(c1ccc(-c2ccc(F)cc2)s1)N1CCCC(c2nnc3ccccn23)C1. The Labute approximate surface area is 171 Å². The number of aromatic nitrogens is 3. The van der Waals surface area contributed by atoms with E-state index in [9.17, 15) is 9.18 Å². The lowest BCUT2D eigenvalue weighted by molar-refractivity contribution is 0.0709. The molecule has 0 spiro atoms. The minimum absolute atomic E-state index is 0.0434. The first-order chi connectivity index (χ1) is 14.2. The second-order valence-electron chi connectivity index (χ2n) is 7.25. The Balaban J connectivity index is 1.36. The average Bonchev–Trinajstić information content (AvgIpc) is 3.41. The van der Waals surface area contributed by atoms with E-state index >= 15 is 0 Å². The standard InChI is InChI=1S/C22H19FN4OS/c23-17-8-6-15(7-9-17)18-10-11-19(29-18)22(28)26-12-3-4-16(14-26)21-25-24-20-5-1-2-13-27(20)21/h1-2,5-11,13,16H,3-4,12,14H2. The number of pyridine rings is 1. The normalized spacial score (nSPS) is 17.0.